The van der Waals surface area contributed by atoms with E-state index in [0.29, 0.717) is 11.9 Å². The van der Waals surface area contributed by atoms with E-state index < -0.39 is 17.8 Å². The largest absolute Gasteiger partial charge is 0.416 e. The Morgan fingerprint density at radius 3 is 2.76 bits per heavy atom. The molecule has 21 heavy (non-hydrogen) atoms. The third-order valence-corrected chi connectivity index (χ3v) is 3.04. The third-order valence-electron chi connectivity index (χ3n) is 3.04. The minimum atomic E-state index is -4.46. The lowest BCUT2D eigenvalue weighted by atomic mass is 10.1. The fraction of sp³-hybridized carbons (Fsp3) is 0.385. The first kappa shape index (κ1) is 15.1. The van der Waals surface area contributed by atoms with Crippen LogP contribution in [0.1, 0.15) is 25.3 Å². The molecule has 1 amide bonds. The first-order valence-corrected chi connectivity index (χ1v) is 6.48. The van der Waals surface area contributed by atoms with Gasteiger partial charge in [-0.2, -0.15) is 23.0 Å². The van der Waals surface area contributed by atoms with Gasteiger partial charge in [0.2, 0.25) is 0 Å². The first-order valence-electron chi connectivity index (χ1n) is 6.48. The number of unbranched alkanes of at least 4 members (excludes halogenated alkanes) is 1. The second kappa shape index (κ2) is 5.63. The van der Waals surface area contributed by atoms with Gasteiger partial charge in [0.25, 0.3) is 0 Å². The molecule has 0 fully saturated rings. The van der Waals surface area contributed by atoms with Gasteiger partial charge in [-0.05, 0) is 24.6 Å². The van der Waals surface area contributed by atoms with E-state index >= 15 is 0 Å². The molecule has 0 aliphatic carbocycles. The predicted octanol–water partition coefficient (Wildman–Crippen LogP) is 3.00. The summed E-state index contributed by atoms with van der Waals surface area (Å²) in [6.45, 7) is 2.43. The highest BCUT2D eigenvalue weighted by molar-refractivity contribution is 5.95. The van der Waals surface area contributed by atoms with Crippen LogP contribution in [-0.2, 0) is 6.18 Å². The molecule has 0 saturated heterocycles. The quantitative estimate of drug-likeness (QED) is 0.856. The molecule has 0 spiro atoms. The van der Waals surface area contributed by atoms with Gasteiger partial charge in [0.15, 0.2) is 0 Å². The van der Waals surface area contributed by atoms with Crippen LogP contribution in [0.3, 0.4) is 0 Å². The Kier molecular flexibility index (Phi) is 4.06. The van der Waals surface area contributed by atoms with E-state index in [0.717, 1.165) is 29.7 Å². The number of carbonyl (C=O) groups excluding carboxylic acids is 1. The summed E-state index contributed by atoms with van der Waals surface area (Å²) in [5.41, 5.74) is 4.97. The smallest absolute Gasteiger partial charge is 0.383 e. The number of nitrogens with zero attached hydrogens (tertiary/aromatic N) is 2. The van der Waals surface area contributed by atoms with Crippen molar-refractivity contribution in [1.29, 1.82) is 0 Å². The van der Waals surface area contributed by atoms with Crippen LogP contribution < -0.4 is 11.1 Å². The standard InChI is InChI=1S/C13H15F3N4O/c1-2-3-6-18-12(21)20-11(17)9-5-4-8(13(14,15)16)7-10(9)19-20/h4-5,7H,2-3,6,17H2,1H3,(H,18,21). The maximum absolute atomic E-state index is 12.6. The van der Waals surface area contributed by atoms with Crippen molar-refractivity contribution in [2.75, 3.05) is 12.3 Å². The number of amides is 1. The number of anilines is 1. The second-order valence-electron chi connectivity index (χ2n) is 4.61. The molecule has 2 aromatic rings. The topological polar surface area (TPSA) is 72.9 Å². The van der Waals surface area contributed by atoms with Crippen molar-refractivity contribution in [3.8, 4) is 0 Å². The molecule has 114 valence electrons. The molecule has 5 nitrogen and oxygen atoms in total. The fourth-order valence-electron chi connectivity index (χ4n) is 1.88. The normalized spacial score (nSPS) is 11.8. The maximum Gasteiger partial charge on any atom is 0.416 e. The minimum Gasteiger partial charge on any atom is -0.383 e. The number of rotatable bonds is 3. The zero-order chi connectivity index (χ0) is 15.6. The molecule has 1 heterocycles. The van der Waals surface area contributed by atoms with Crippen molar-refractivity contribution in [1.82, 2.24) is 15.1 Å². The molecular weight excluding hydrogens is 285 g/mol. The summed E-state index contributed by atoms with van der Waals surface area (Å²) in [6.07, 6.45) is -2.76. The molecule has 2 rings (SSSR count). The van der Waals surface area contributed by atoms with Gasteiger partial charge in [0.05, 0.1) is 11.1 Å². The number of carbonyl (C=O) groups is 1. The van der Waals surface area contributed by atoms with Crippen LogP contribution in [0.5, 0.6) is 0 Å². The van der Waals surface area contributed by atoms with Crippen molar-refractivity contribution >= 4 is 22.8 Å². The van der Waals surface area contributed by atoms with Crippen LogP contribution in [0, 0.1) is 0 Å². The Balaban J connectivity index is 2.34. The first-order chi connectivity index (χ1) is 9.84. The Hall–Kier alpha value is -2.25. The highest BCUT2D eigenvalue weighted by Crippen LogP contribution is 2.32. The van der Waals surface area contributed by atoms with E-state index in [1.54, 1.807) is 0 Å². The summed E-state index contributed by atoms with van der Waals surface area (Å²) in [5, 5.41) is 6.76. The van der Waals surface area contributed by atoms with E-state index in [9.17, 15) is 18.0 Å². The average Bonchev–Trinajstić information content (AvgIpc) is 2.75. The van der Waals surface area contributed by atoms with Crippen LogP contribution >= 0.6 is 0 Å². The third kappa shape index (κ3) is 3.09. The fourth-order valence-corrected chi connectivity index (χ4v) is 1.88. The minimum absolute atomic E-state index is 0.0210. The van der Waals surface area contributed by atoms with Gasteiger partial charge >= 0.3 is 12.2 Å². The van der Waals surface area contributed by atoms with E-state index in [1.165, 1.54) is 6.07 Å². The number of nitrogens with one attached hydrogen (secondary N) is 1. The van der Waals surface area contributed by atoms with E-state index in [4.69, 9.17) is 5.73 Å². The molecule has 1 aromatic carbocycles. The summed E-state index contributed by atoms with van der Waals surface area (Å²) in [5.74, 6) is 0.0210. The van der Waals surface area contributed by atoms with Crippen LogP contribution in [0.2, 0.25) is 0 Å². The maximum atomic E-state index is 12.6. The predicted molar refractivity (Wildman–Crippen MR) is 72.9 cm³/mol. The van der Waals surface area contributed by atoms with Crippen LogP contribution in [0.15, 0.2) is 18.2 Å². The van der Waals surface area contributed by atoms with E-state index in [2.05, 4.69) is 10.4 Å². The summed E-state index contributed by atoms with van der Waals surface area (Å²) in [4.78, 5) is 11.9. The Morgan fingerprint density at radius 1 is 1.43 bits per heavy atom. The highest BCUT2D eigenvalue weighted by atomic mass is 19.4. The van der Waals surface area contributed by atoms with Crippen molar-refractivity contribution in [3.05, 3.63) is 23.8 Å². The Bertz CT molecular complexity index is 663. The monoisotopic (exact) mass is 300 g/mol. The molecule has 8 heteroatoms. The molecular formula is C13H15F3N4O. The number of hydrogen-bond acceptors (Lipinski definition) is 3. The number of alkyl halides is 3. The molecule has 0 aliphatic heterocycles. The van der Waals surface area contributed by atoms with Gasteiger partial charge in [-0.3, -0.25) is 0 Å². The van der Waals surface area contributed by atoms with Gasteiger partial charge in [-0.15, -0.1) is 0 Å². The molecule has 0 aliphatic rings. The number of hydrogen-bond donors (Lipinski definition) is 2. The van der Waals surface area contributed by atoms with Crippen LogP contribution in [0.25, 0.3) is 10.9 Å². The number of benzene rings is 1. The molecule has 0 atom stereocenters. The molecule has 0 saturated carbocycles. The van der Waals surface area contributed by atoms with Crippen molar-refractivity contribution < 1.29 is 18.0 Å². The number of nitrogens with two attached hydrogens (primary N) is 1. The summed E-state index contributed by atoms with van der Waals surface area (Å²) in [7, 11) is 0. The number of nitrogen functional groups attached to an aromatic ring is 1. The lowest BCUT2D eigenvalue weighted by Gasteiger charge is -2.05. The van der Waals surface area contributed by atoms with Crippen LogP contribution in [0.4, 0.5) is 23.8 Å². The summed E-state index contributed by atoms with van der Waals surface area (Å²) < 4.78 is 38.8. The van der Waals surface area contributed by atoms with Gasteiger partial charge in [-0.1, -0.05) is 13.3 Å². The number of aromatic nitrogens is 2. The lowest BCUT2D eigenvalue weighted by Crippen LogP contribution is -2.30. The van der Waals surface area contributed by atoms with E-state index in [1.807, 2.05) is 6.92 Å². The average molecular weight is 300 g/mol. The highest BCUT2D eigenvalue weighted by Gasteiger charge is 2.31. The second-order valence-corrected chi connectivity index (χ2v) is 4.61. The van der Waals surface area contributed by atoms with Gasteiger partial charge < -0.3 is 11.1 Å². The lowest BCUT2D eigenvalue weighted by molar-refractivity contribution is -0.137. The summed E-state index contributed by atoms with van der Waals surface area (Å²) >= 11 is 0. The Labute approximate surface area is 118 Å². The van der Waals surface area contributed by atoms with E-state index in [-0.39, 0.29) is 11.3 Å². The van der Waals surface area contributed by atoms with Gasteiger partial charge in [-0.25, -0.2) is 4.79 Å². The molecule has 1 aromatic heterocycles. The molecule has 0 bridgehead atoms. The zero-order valence-electron chi connectivity index (χ0n) is 11.4. The van der Waals surface area contributed by atoms with Crippen LogP contribution in [-0.4, -0.2) is 22.4 Å². The number of halogens is 3. The van der Waals surface area contributed by atoms with Gasteiger partial charge in [0, 0.05) is 11.9 Å². The molecule has 3 N–H and O–H groups in total. The zero-order valence-corrected chi connectivity index (χ0v) is 11.4. The molecule has 0 radical (unpaired) electrons. The van der Waals surface area contributed by atoms with Crippen molar-refractivity contribution in [3.63, 3.8) is 0 Å². The Morgan fingerprint density at radius 2 is 2.14 bits per heavy atom. The summed E-state index contributed by atoms with van der Waals surface area (Å²) in [6, 6.07) is 2.46. The SMILES string of the molecule is CCCCNC(=O)n1nc2cc(C(F)(F)F)ccc2c1N. The van der Waals surface area contributed by atoms with Gasteiger partial charge in [0.1, 0.15) is 5.82 Å². The molecule has 0 unspecified atom stereocenters. The number of fused-ring (bicyclic) bond motifs is 1. The van der Waals surface area contributed by atoms with Crippen molar-refractivity contribution in [2.24, 2.45) is 0 Å². The van der Waals surface area contributed by atoms with Crippen molar-refractivity contribution in [2.45, 2.75) is 25.9 Å².